The third-order valence-corrected chi connectivity index (χ3v) is 4.82. The van der Waals surface area contributed by atoms with Gasteiger partial charge in [-0.1, -0.05) is 20.3 Å². The van der Waals surface area contributed by atoms with Crippen LogP contribution < -0.4 is 4.74 Å². The third-order valence-electron chi connectivity index (χ3n) is 4.07. The first-order valence-electron chi connectivity index (χ1n) is 8.12. The molecule has 1 aromatic carbocycles. The summed E-state index contributed by atoms with van der Waals surface area (Å²) in [4.78, 5) is 26.4. The minimum atomic E-state index is -0.519. The van der Waals surface area contributed by atoms with Gasteiger partial charge in [0.05, 0.1) is 23.0 Å². The van der Waals surface area contributed by atoms with Crippen molar-refractivity contribution in [3.05, 3.63) is 27.8 Å². The highest BCUT2D eigenvalue weighted by molar-refractivity contribution is 7.98. The van der Waals surface area contributed by atoms with Crippen LogP contribution in [0.5, 0.6) is 5.75 Å². The van der Waals surface area contributed by atoms with Crippen LogP contribution in [0.15, 0.2) is 17.0 Å². The molecule has 0 bridgehead atoms. The first-order valence-corrected chi connectivity index (χ1v) is 9.34. The monoisotopic (exact) mass is 354 g/mol. The summed E-state index contributed by atoms with van der Waals surface area (Å²) in [6.07, 6.45) is 4.48. The van der Waals surface area contributed by atoms with E-state index >= 15 is 0 Å². The number of nitro groups is 1. The van der Waals surface area contributed by atoms with Crippen LogP contribution in [0.1, 0.15) is 50.4 Å². The number of ether oxygens (including phenoxy) is 1. The third kappa shape index (κ3) is 4.63. The van der Waals surface area contributed by atoms with Crippen molar-refractivity contribution in [3.8, 4) is 5.75 Å². The van der Waals surface area contributed by atoms with E-state index in [1.807, 2.05) is 20.1 Å². The van der Waals surface area contributed by atoms with Gasteiger partial charge in [0.25, 0.3) is 11.6 Å². The van der Waals surface area contributed by atoms with E-state index in [-0.39, 0.29) is 23.2 Å². The van der Waals surface area contributed by atoms with Crippen LogP contribution in [0.2, 0.25) is 0 Å². The van der Waals surface area contributed by atoms with Gasteiger partial charge in [0.15, 0.2) is 0 Å². The molecule has 6 nitrogen and oxygen atoms in total. The number of carbonyl (C=O) groups is 1. The summed E-state index contributed by atoms with van der Waals surface area (Å²) in [5, 5.41) is 11.4. The minimum Gasteiger partial charge on any atom is -0.495 e. The second-order valence-corrected chi connectivity index (χ2v) is 6.44. The summed E-state index contributed by atoms with van der Waals surface area (Å²) in [6.45, 7) is 6.63. The summed E-state index contributed by atoms with van der Waals surface area (Å²) in [7, 11) is 1.47. The summed E-state index contributed by atoms with van der Waals surface area (Å²) in [6, 6.07) is 2.95. The van der Waals surface area contributed by atoms with Gasteiger partial charge >= 0.3 is 0 Å². The van der Waals surface area contributed by atoms with Gasteiger partial charge in [-0.05, 0) is 32.1 Å². The van der Waals surface area contributed by atoms with Crippen molar-refractivity contribution in [2.75, 3.05) is 19.9 Å². The zero-order valence-corrected chi connectivity index (χ0v) is 15.8. The van der Waals surface area contributed by atoms with E-state index in [1.165, 1.54) is 24.9 Å². The first-order chi connectivity index (χ1) is 11.4. The Hall–Kier alpha value is -1.76. The van der Waals surface area contributed by atoms with E-state index in [0.717, 1.165) is 19.3 Å². The van der Waals surface area contributed by atoms with Gasteiger partial charge in [0, 0.05) is 12.6 Å². The highest BCUT2D eigenvalue weighted by Crippen LogP contribution is 2.35. The summed E-state index contributed by atoms with van der Waals surface area (Å²) < 4.78 is 5.21. The van der Waals surface area contributed by atoms with E-state index in [9.17, 15) is 14.9 Å². The standard InChI is InChI=1S/C17H26N2O4S/c1-6-8-9-18(12(3)7-2)17(20)13-10-16(24-5)15(23-4)11-14(13)19(21)22/h10-12H,6-9H2,1-5H3. The fraction of sp³-hybridized carbons (Fsp3) is 0.588. The molecule has 1 aromatic rings. The lowest BCUT2D eigenvalue weighted by Gasteiger charge is -2.28. The van der Waals surface area contributed by atoms with Crippen molar-refractivity contribution in [1.29, 1.82) is 0 Å². The molecule has 0 saturated carbocycles. The molecule has 7 heteroatoms. The minimum absolute atomic E-state index is 0.0310. The molecule has 1 atom stereocenters. The van der Waals surface area contributed by atoms with Crippen LogP contribution in [0.3, 0.4) is 0 Å². The van der Waals surface area contributed by atoms with Gasteiger partial charge in [0.2, 0.25) is 0 Å². The topological polar surface area (TPSA) is 72.7 Å². The van der Waals surface area contributed by atoms with E-state index in [4.69, 9.17) is 4.74 Å². The van der Waals surface area contributed by atoms with Gasteiger partial charge in [-0.25, -0.2) is 0 Å². The number of rotatable bonds is 9. The van der Waals surface area contributed by atoms with Crippen LogP contribution in [0.25, 0.3) is 0 Å². The molecule has 1 rings (SSSR count). The Morgan fingerprint density at radius 2 is 2.08 bits per heavy atom. The maximum absolute atomic E-state index is 13.0. The smallest absolute Gasteiger partial charge is 0.285 e. The number of methoxy groups -OCH3 is 1. The van der Waals surface area contributed by atoms with E-state index in [1.54, 1.807) is 11.0 Å². The van der Waals surface area contributed by atoms with Gasteiger partial charge in [-0.3, -0.25) is 14.9 Å². The number of hydrogen-bond acceptors (Lipinski definition) is 5. The number of thioether (sulfide) groups is 1. The Labute approximate surface area is 147 Å². The van der Waals surface area contributed by atoms with Crippen LogP contribution in [0, 0.1) is 10.1 Å². The molecule has 0 aliphatic carbocycles. The van der Waals surface area contributed by atoms with Gasteiger partial charge in [-0.2, -0.15) is 0 Å². The second-order valence-electron chi connectivity index (χ2n) is 5.59. The molecule has 1 amide bonds. The fourth-order valence-corrected chi connectivity index (χ4v) is 3.00. The molecule has 0 N–H and O–H groups in total. The Bertz CT molecular complexity index is 592. The number of unbranched alkanes of at least 4 members (excludes halogenated alkanes) is 1. The second kappa shape index (κ2) is 9.52. The van der Waals surface area contributed by atoms with Crippen LogP contribution in [-0.2, 0) is 0 Å². The Kier molecular flexibility index (Phi) is 8.04. The van der Waals surface area contributed by atoms with E-state index in [2.05, 4.69) is 6.92 Å². The number of hydrogen-bond donors (Lipinski definition) is 0. The van der Waals surface area contributed by atoms with Gasteiger partial charge in [-0.15, -0.1) is 11.8 Å². The Morgan fingerprint density at radius 1 is 1.42 bits per heavy atom. The summed E-state index contributed by atoms with van der Waals surface area (Å²) in [5.41, 5.74) is -0.0824. The molecule has 0 aliphatic rings. The highest BCUT2D eigenvalue weighted by Gasteiger charge is 2.29. The molecule has 0 heterocycles. The summed E-state index contributed by atoms with van der Waals surface area (Å²) >= 11 is 1.40. The van der Waals surface area contributed by atoms with Crippen LogP contribution >= 0.6 is 11.8 Å². The quantitative estimate of drug-likeness (QED) is 0.374. The van der Waals surface area contributed by atoms with Crippen molar-refractivity contribution in [1.82, 2.24) is 4.90 Å². The number of amides is 1. The van der Waals surface area contributed by atoms with Crippen molar-refractivity contribution >= 4 is 23.4 Å². The predicted octanol–water partition coefficient (Wildman–Crippen LogP) is 4.37. The Balaban J connectivity index is 3.38. The molecule has 0 aliphatic heterocycles. The molecule has 24 heavy (non-hydrogen) atoms. The first kappa shape index (κ1) is 20.3. The molecule has 1 unspecified atom stereocenters. The molecule has 0 spiro atoms. The van der Waals surface area contributed by atoms with Crippen LogP contribution in [-0.4, -0.2) is 41.7 Å². The maximum atomic E-state index is 13.0. The van der Waals surface area contributed by atoms with E-state index < -0.39 is 4.92 Å². The van der Waals surface area contributed by atoms with Crippen molar-refractivity contribution in [3.63, 3.8) is 0 Å². The molecule has 0 saturated heterocycles. The molecule has 0 fully saturated rings. The van der Waals surface area contributed by atoms with Crippen LogP contribution in [0.4, 0.5) is 5.69 Å². The zero-order chi connectivity index (χ0) is 18.3. The van der Waals surface area contributed by atoms with Crippen molar-refractivity contribution < 1.29 is 14.5 Å². The molecule has 0 aromatic heterocycles. The molecule has 0 radical (unpaired) electrons. The summed E-state index contributed by atoms with van der Waals surface area (Å²) in [5.74, 6) is 0.122. The van der Waals surface area contributed by atoms with Crippen molar-refractivity contribution in [2.45, 2.75) is 51.0 Å². The number of nitrogens with zero attached hydrogens (tertiary/aromatic N) is 2. The van der Waals surface area contributed by atoms with Gasteiger partial charge < -0.3 is 9.64 Å². The van der Waals surface area contributed by atoms with E-state index in [0.29, 0.717) is 17.2 Å². The normalized spacial score (nSPS) is 11.9. The largest absolute Gasteiger partial charge is 0.495 e. The highest BCUT2D eigenvalue weighted by atomic mass is 32.2. The Morgan fingerprint density at radius 3 is 2.54 bits per heavy atom. The number of benzene rings is 1. The number of carbonyl (C=O) groups excluding carboxylic acids is 1. The lowest BCUT2D eigenvalue weighted by atomic mass is 10.1. The van der Waals surface area contributed by atoms with Crippen molar-refractivity contribution in [2.24, 2.45) is 0 Å². The zero-order valence-electron chi connectivity index (χ0n) is 15.0. The lowest BCUT2D eigenvalue weighted by molar-refractivity contribution is -0.385. The number of nitro benzene ring substituents is 1. The SMILES string of the molecule is CCCCN(C(=O)c1cc(SC)c(OC)cc1[N+](=O)[O-])C(C)CC. The fourth-order valence-electron chi connectivity index (χ4n) is 2.42. The van der Waals surface area contributed by atoms with Gasteiger partial charge in [0.1, 0.15) is 11.3 Å². The average Bonchev–Trinajstić information content (AvgIpc) is 2.59. The molecular weight excluding hydrogens is 328 g/mol. The maximum Gasteiger partial charge on any atom is 0.285 e. The molecule has 134 valence electrons. The predicted molar refractivity (Wildman–Crippen MR) is 97.1 cm³/mol. The lowest BCUT2D eigenvalue weighted by Crippen LogP contribution is -2.39. The molecular formula is C17H26N2O4S. The average molecular weight is 354 g/mol.